The Balaban J connectivity index is 0.907. The van der Waals surface area contributed by atoms with Crippen LogP contribution in [0.2, 0.25) is 0 Å². The zero-order valence-corrected chi connectivity index (χ0v) is 26.3. The second-order valence-electron chi connectivity index (χ2n) is 12.3. The van der Waals surface area contributed by atoms with E-state index in [1.54, 1.807) is 6.20 Å². The summed E-state index contributed by atoms with van der Waals surface area (Å²) in [6.45, 7) is 8.24. The number of hydrogen-bond acceptors (Lipinski definition) is 9. The first-order valence-electron chi connectivity index (χ1n) is 16.2. The van der Waals surface area contributed by atoms with Gasteiger partial charge in [-0.15, -0.1) is 0 Å². The molecule has 3 fully saturated rings. The molecule has 10 heteroatoms. The van der Waals surface area contributed by atoms with E-state index in [4.69, 9.17) is 18.7 Å². The molecule has 4 aromatic rings. The van der Waals surface area contributed by atoms with Gasteiger partial charge in [0.05, 0.1) is 24.8 Å². The van der Waals surface area contributed by atoms with Gasteiger partial charge in [-0.3, -0.25) is 14.7 Å². The van der Waals surface area contributed by atoms with Crippen LogP contribution in [-0.4, -0.2) is 63.2 Å². The fraction of sp³-hybridized carbons (Fsp3) is 0.444. The average Bonchev–Trinajstić information content (AvgIpc) is 3.50. The lowest BCUT2D eigenvalue weighted by Crippen LogP contribution is -2.26. The first-order valence-corrected chi connectivity index (χ1v) is 16.2. The predicted molar refractivity (Wildman–Crippen MR) is 169 cm³/mol. The van der Waals surface area contributed by atoms with Crippen molar-refractivity contribution in [2.45, 2.75) is 58.6 Å². The molecule has 238 valence electrons. The minimum Gasteiger partial charge on any atom is -0.466 e. The monoisotopic (exact) mass is 621 g/mol. The zero-order valence-electron chi connectivity index (χ0n) is 26.3. The average molecular weight is 622 g/mol. The lowest BCUT2D eigenvalue weighted by molar-refractivity contribution is -0.188. The molecule has 0 radical (unpaired) electrons. The van der Waals surface area contributed by atoms with Gasteiger partial charge < -0.3 is 23.3 Å². The van der Waals surface area contributed by atoms with Crippen LogP contribution in [0.4, 0.5) is 0 Å². The highest BCUT2D eigenvalue weighted by Gasteiger charge is 2.60. The van der Waals surface area contributed by atoms with E-state index in [1.807, 2.05) is 73.3 Å². The molecule has 46 heavy (non-hydrogen) atoms. The molecular weight excluding hydrogens is 582 g/mol. The standard InChI is InChI=1S/C36H39N5O5/c1-3-43-36(42)34-30-22-40(23-31(30)34)20-28-14-11-26(19-38-28)8-7-25-9-12-27(13-10-25)32-18-29(39-46-32)21-41-16-15-37-35(41)24(2)45-33-6-4-5-17-44-33/h9-16,18-19,24,30-31,33-34H,3-6,17,20-23H2,1-2H3/t24-,30?,31?,33?,34?/m0/s1. The Morgan fingerprint density at radius 1 is 1.02 bits per heavy atom. The van der Waals surface area contributed by atoms with Crippen LogP contribution < -0.4 is 0 Å². The van der Waals surface area contributed by atoms with Crippen LogP contribution >= 0.6 is 0 Å². The topological polar surface area (TPSA) is 105 Å². The molecule has 2 saturated heterocycles. The molecule has 3 aromatic heterocycles. The molecule has 0 spiro atoms. The van der Waals surface area contributed by atoms with Gasteiger partial charge in [-0.1, -0.05) is 17.0 Å². The van der Waals surface area contributed by atoms with Crippen molar-refractivity contribution in [2.24, 2.45) is 17.8 Å². The van der Waals surface area contributed by atoms with Gasteiger partial charge >= 0.3 is 5.97 Å². The first-order chi connectivity index (χ1) is 22.5. The van der Waals surface area contributed by atoms with E-state index < -0.39 is 0 Å². The number of piperidine rings is 1. The fourth-order valence-corrected chi connectivity index (χ4v) is 6.63. The zero-order chi connectivity index (χ0) is 31.5. The Hall–Kier alpha value is -4.30. The molecule has 0 bridgehead atoms. The third-order valence-electron chi connectivity index (χ3n) is 9.06. The van der Waals surface area contributed by atoms with E-state index in [-0.39, 0.29) is 24.3 Å². The van der Waals surface area contributed by atoms with E-state index in [0.29, 0.717) is 30.7 Å². The summed E-state index contributed by atoms with van der Waals surface area (Å²) in [6.07, 6.45) is 8.29. The second kappa shape index (κ2) is 13.6. The number of likely N-dealkylation sites (tertiary alicyclic amines) is 1. The fourth-order valence-electron chi connectivity index (χ4n) is 6.63. The Bertz CT molecular complexity index is 1680. The van der Waals surface area contributed by atoms with Crippen molar-refractivity contribution < 1.29 is 23.5 Å². The minimum absolute atomic E-state index is 0.0300. The molecule has 1 aliphatic carbocycles. The van der Waals surface area contributed by atoms with Gasteiger partial charge in [0.2, 0.25) is 0 Å². The Morgan fingerprint density at radius 3 is 2.57 bits per heavy atom. The summed E-state index contributed by atoms with van der Waals surface area (Å²) in [6, 6.07) is 13.9. The lowest BCUT2D eigenvalue weighted by atomic mass is 10.1. The third-order valence-corrected chi connectivity index (χ3v) is 9.06. The maximum Gasteiger partial charge on any atom is 0.309 e. The number of carbonyl (C=O) groups is 1. The number of pyridine rings is 1. The molecule has 1 saturated carbocycles. The molecule has 7 rings (SSSR count). The molecule has 3 aliphatic rings. The summed E-state index contributed by atoms with van der Waals surface area (Å²) in [5, 5.41) is 4.30. The summed E-state index contributed by atoms with van der Waals surface area (Å²) < 4.78 is 24.8. The number of ether oxygens (including phenoxy) is 3. The van der Waals surface area contributed by atoms with Crippen molar-refractivity contribution in [3.8, 4) is 23.2 Å². The molecular formula is C36H39N5O5. The third kappa shape index (κ3) is 6.92. The summed E-state index contributed by atoms with van der Waals surface area (Å²) in [7, 11) is 0. The number of carbonyl (C=O) groups excluding carboxylic acids is 1. The number of nitrogens with zero attached hydrogens (tertiary/aromatic N) is 5. The maximum absolute atomic E-state index is 12.0. The number of hydrogen-bond donors (Lipinski definition) is 0. The smallest absolute Gasteiger partial charge is 0.309 e. The van der Waals surface area contributed by atoms with Crippen LogP contribution in [0.3, 0.4) is 0 Å². The molecule has 10 nitrogen and oxygen atoms in total. The van der Waals surface area contributed by atoms with Gasteiger partial charge in [-0.25, -0.2) is 4.98 Å². The highest BCUT2D eigenvalue weighted by atomic mass is 16.7. The van der Waals surface area contributed by atoms with Gasteiger partial charge in [-0.2, -0.15) is 0 Å². The summed E-state index contributed by atoms with van der Waals surface area (Å²) in [5.74, 6) is 8.92. The van der Waals surface area contributed by atoms with Crippen molar-refractivity contribution >= 4 is 5.97 Å². The molecule has 3 unspecified atom stereocenters. The lowest BCUT2D eigenvalue weighted by Gasteiger charge is -2.26. The molecule has 2 aliphatic heterocycles. The maximum atomic E-state index is 12.0. The van der Waals surface area contributed by atoms with E-state index in [2.05, 4.69) is 31.9 Å². The van der Waals surface area contributed by atoms with E-state index in [1.165, 1.54) is 0 Å². The van der Waals surface area contributed by atoms with Gasteiger partial charge in [0.1, 0.15) is 17.6 Å². The Morgan fingerprint density at radius 2 is 1.83 bits per heavy atom. The highest BCUT2D eigenvalue weighted by molar-refractivity contribution is 5.77. The number of fused-ring (bicyclic) bond motifs is 1. The Labute approximate surface area is 269 Å². The molecule has 0 amide bonds. The number of benzene rings is 1. The summed E-state index contributed by atoms with van der Waals surface area (Å²) >= 11 is 0. The minimum atomic E-state index is -0.194. The predicted octanol–water partition coefficient (Wildman–Crippen LogP) is 5.23. The molecule has 5 heterocycles. The number of rotatable bonds is 10. The van der Waals surface area contributed by atoms with Crippen molar-refractivity contribution in [1.29, 1.82) is 0 Å². The van der Waals surface area contributed by atoms with Crippen LogP contribution in [0, 0.1) is 29.6 Å². The normalized spacial score (nSPS) is 22.9. The summed E-state index contributed by atoms with van der Waals surface area (Å²) in [4.78, 5) is 23.5. The van der Waals surface area contributed by atoms with Crippen molar-refractivity contribution in [2.75, 3.05) is 26.3 Å². The molecule has 1 aromatic carbocycles. The SMILES string of the molecule is CCOC(=O)C1C2CN(Cc3ccc(C#Cc4ccc(-c5cc(Cn6ccnc6[C@H](C)OC6CCCCO6)no5)cc4)cn3)CC21. The number of esters is 1. The van der Waals surface area contributed by atoms with Crippen LogP contribution in [0.5, 0.6) is 0 Å². The van der Waals surface area contributed by atoms with Crippen molar-refractivity contribution in [3.63, 3.8) is 0 Å². The van der Waals surface area contributed by atoms with Crippen LogP contribution in [-0.2, 0) is 32.1 Å². The van der Waals surface area contributed by atoms with Gasteiger partial charge in [-0.05, 0) is 81.3 Å². The highest BCUT2D eigenvalue weighted by Crippen LogP contribution is 2.52. The van der Waals surface area contributed by atoms with Crippen molar-refractivity contribution in [3.05, 3.63) is 89.4 Å². The Kier molecular flexibility index (Phi) is 8.97. The molecule has 4 atom stereocenters. The van der Waals surface area contributed by atoms with Crippen LogP contribution in [0.1, 0.15) is 67.6 Å². The number of imidazole rings is 1. The first kappa shape index (κ1) is 30.4. The summed E-state index contributed by atoms with van der Waals surface area (Å²) in [5.41, 5.74) is 4.51. The van der Waals surface area contributed by atoms with E-state index in [0.717, 1.165) is 79.4 Å². The quantitative estimate of drug-likeness (QED) is 0.174. The van der Waals surface area contributed by atoms with Crippen LogP contribution in [0.25, 0.3) is 11.3 Å². The van der Waals surface area contributed by atoms with Gasteiger partial charge in [0.15, 0.2) is 12.1 Å². The molecule has 0 N–H and O–H groups in total. The van der Waals surface area contributed by atoms with Gasteiger partial charge in [0.25, 0.3) is 0 Å². The van der Waals surface area contributed by atoms with Crippen molar-refractivity contribution in [1.82, 2.24) is 24.6 Å². The van der Waals surface area contributed by atoms with E-state index >= 15 is 0 Å². The number of aromatic nitrogens is 4. The largest absolute Gasteiger partial charge is 0.466 e. The van der Waals surface area contributed by atoms with Gasteiger partial charge in [0, 0.05) is 67.6 Å². The second-order valence-corrected chi connectivity index (χ2v) is 12.3. The van der Waals surface area contributed by atoms with Crippen LogP contribution in [0.15, 0.2) is 65.6 Å². The van der Waals surface area contributed by atoms with E-state index in [9.17, 15) is 4.79 Å².